The summed E-state index contributed by atoms with van der Waals surface area (Å²) in [7, 11) is 0. The zero-order valence-corrected chi connectivity index (χ0v) is 12.1. The third kappa shape index (κ3) is 3.98. The molecule has 0 radical (unpaired) electrons. The maximum atomic E-state index is 13.6. The molecule has 0 aliphatic carbocycles. The summed E-state index contributed by atoms with van der Waals surface area (Å²) >= 11 is 0. The normalized spacial score (nSPS) is 10.7. The van der Waals surface area contributed by atoms with E-state index in [0.29, 0.717) is 12.2 Å². The van der Waals surface area contributed by atoms with Crippen LogP contribution in [0.5, 0.6) is 5.75 Å². The first-order valence-corrected chi connectivity index (χ1v) is 6.80. The Balaban J connectivity index is 1.98. The molecule has 2 nitrogen and oxygen atoms in total. The van der Waals surface area contributed by atoms with Gasteiger partial charge >= 0.3 is 0 Å². The second-order valence-electron chi connectivity index (χ2n) is 5.15. The lowest BCUT2D eigenvalue weighted by molar-refractivity contribution is 0.242. The van der Waals surface area contributed by atoms with Crippen LogP contribution in [-0.2, 0) is 6.54 Å². The van der Waals surface area contributed by atoms with Crippen LogP contribution in [0.15, 0.2) is 42.5 Å². The number of ether oxygens (including phenoxy) is 1. The summed E-state index contributed by atoms with van der Waals surface area (Å²) in [5.41, 5.74) is 2.66. The first-order chi connectivity index (χ1) is 9.54. The van der Waals surface area contributed by atoms with Crippen LogP contribution < -0.4 is 10.1 Å². The molecule has 106 valence electrons. The molecule has 2 aromatic rings. The fourth-order valence-corrected chi connectivity index (χ4v) is 1.93. The topological polar surface area (TPSA) is 21.3 Å². The van der Waals surface area contributed by atoms with Crippen molar-refractivity contribution in [3.8, 4) is 5.75 Å². The number of hydrogen-bond acceptors (Lipinski definition) is 2. The van der Waals surface area contributed by atoms with E-state index in [1.807, 2.05) is 51.1 Å². The van der Waals surface area contributed by atoms with E-state index in [0.717, 1.165) is 16.9 Å². The van der Waals surface area contributed by atoms with Crippen molar-refractivity contribution in [3.05, 3.63) is 59.4 Å². The number of benzene rings is 2. The van der Waals surface area contributed by atoms with E-state index < -0.39 is 0 Å². The van der Waals surface area contributed by atoms with Crippen molar-refractivity contribution < 1.29 is 9.13 Å². The Morgan fingerprint density at radius 1 is 1.10 bits per heavy atom. The fourth-order valence-electron chi connectivity index (χ4n) is 1.93. The van der Waals surface area contributed by atoms with Gasteiger partial charge < -0.3 is 10.1 Å². The molecular formula is C17H20FNO. The zero-order chi connectivity index (χ0) is 14.5. The van der Waals surface area contributed by atoms with Crippen LogP contribution in [0.2, 0.25) is 0 Å². The van der Waals surface area contributed by atoms with Gasteiger partial charge in [0.05, 0.1) is 11.8 Å². The minimum absolute atomic E-state index is 0.167. The van der Waals surface area contributed by atoms with Crippen LogP contribution in [0.3, 0.4) is 0 Å². The predicted molar refractivity (Wildman–Crippen MR) is 80.7 cm³/mol. The molecule has 3 heteroatoms. The largest absolute Gasteiger partial charge is 0.491 e. The summed E-state index contributed by atoms with van der Waals surface area (Å²) in [5, 5.41) is 3.11. The Labute approximate surface area is 119 Å². The minimum Gasteiger partial charge on any atom is -0.491 e. The van der Waals surface area contributed by atoms with E-state index in [2.05, 4.69) is 5.32 Å². The Morgan fingerprint density at radius 2 is 1.80 bits per heavy atom. The van der Waals surface area contributed by atoms with Gasteiger partial charge in [0.1, 0.15) is 11.6 Å². The molecule has 0 amide bonds. The Hall–Kier alpha value is -2.03. The van der Waals surface area contributed by atoms with Crippen LogP contribution in [0.4, 0.5) is 10.1 Å². The second kappa shape index (κ2) is 6.42. The Kier molecular flexibility index (Phi) is 4.61. The predicted octanol–water partition coefficient (Wildman–Crippen LogP) is 4.53. The minimum atomic E-state index is -0.227. The van der Waals surface area contributed by atoms with E-state index in [9.17, 15) is 4.39 Å². The highest BCUT2D eigenvalue weighted by Crippen LogP contribution is 2.18. The molecule has 0 unspecified atom stereocenters. The van der Waals surface area contributed by atoms with Gasteiger partial charge in [0.15, 0.2) is 0 Å². The summed E-state index contributed by atoms with van der Waals surface area (Å²) in [5.74, 6) is 0.626. The van der Waals surface area contributed by atoms with Crippen molar-refractivity contribution in [3.63, 3.8) is 0 Å². The summed E-state index contributed by atoms with van der Waals surface area (Å²) in [4.78, 5) is 0. The lowest BCUT2D eigenvalue weighted by atomic mass is 10.2. The zero-order valence-electron chi connectivity index (χ0n) is 12.1. The molecule has 0 atom stereocenters. The highest BCUT2D eigenvalue weighted by molar-refractivity contribution is 5.47. The van der Waals surface area contributed by atoms with Crippen LogP contribution >= 0.6 is 0 Å². The van der Waals surface area contributed by atoms with E-state index in [4.69, 9.17) is 4.74 Å². The first kappa shape index (κ1) is 14.4. The summed E-state index contributed by atoms with van der Waals surface area (Å²) in [6, 6.07) is 12.9. The van der Waals surface area contributed by atoms with Crippen LogP contribution in [0.25, 0.3) is 0 Å². The lowest BCUT2D eigenvalue weighted by Gasteiger charge is -2.11. The lowest BCUT2D eigenvalue weighted by Crippen LogP contribution is -2.06. The highest BCUT2D eigenvalue weighted by Gasteiger charge is 2.02. The van der Waals surface area contributed by atoms with Gasteiger partial charge in [-0.3, -0.25) is 0 Å². The number of halogens is 1. The third-order valence-electron chi connectivity index (χ3n) is 2.90. The molecule has 0 bridgehead atoms. The quantitative estimate of drug-likeness (QED) is 0.864. The first-order valence-electron chi connectivity index (χ1n) is 6.80. The van der Waals surface area contributed by atoms with Gasteiger partial charge in [-0.1, -0.05) is 18.2 Å². The maximum absolute atomic E-state index is 13.6. The fraction of sp³-hybridized carbons (Fsp3) is 0.294. The van der Waals surface area contributed by atoms with E-state index in [-0.39, 0.29) is 11.9 Å². The molecule has 0 fully saturated rings. The van der Waals surface area contributed by atoms with Gasteiger partial charge in [-0.15, -0.1) is 0 Å². The Morgan fingerprint density at radius 3 is 2.45 bits per heavy atom. The summed E-state index contributed by atoms with van der Waals surface area (Å²) in [6.45, 7) is 6.52. The van der Waals surface area contributed by atoms with Crippen molar-refractivity contribution in [1.82, 2.24) is 0 Å². The summed E-state index contributed by atoms with van der Waals surface area (Å²) in [6.07, 6.45) is 0.167. The van der Waals surface area contributed by atoms with Gasteiger partial charge in [-0.25, -0.2) is 4.39 Å². The molecule has 0 saturated heterocycles. The molecule has 2 rings (SSSR count). The van der Waals surface area contributed by atoms with Gasteiger partial charge in [-0.2, -0.15) is 0 Å². The summed E-state index contributed by atoms with van der Waals surface area (Å²) < 4.78 is 19.2. The van der Waals surface area contributed by atoms with Crippen molar-refractivity contribution in [2.24, 2.45) is 0 Å². The van der Waals surface area contributed by atoms with Gasteiger partial charge in [0.25, 0.3) is 0 Å². The third-order valence-corrected chi connectivity index (χ3v) is 2.90. The van der Waals surface area contributed by atoms with E-state index in [1.54, 1.807) is 6.07 Å². The second-order valence-corrected chi connectivity index (χ2v) is 5.15. The molecule has 1 N–H and O–H groups in total. The maximum Gasteiger partial charge on any atom is 0.146 e. The SMILES string of the molecule is Cc1ccc(F)c(NCc2ccc(OC(C)C)cc2)c1. The molecule has 0 heterocycles. The number of rotatable bonds is 5. The average molecular weight is 273 g/mol. The highest BCUT2D eigenvalue weighted by atomic mass is 19.1. The molecular weight excluding hydrogens is 253 g/mol. The number of anilines is 1. The molecule has 2 aromatic carbocycles. The van der Waals surface area contributed by atoms with Crippen LogP contribution in [0.1, 0.15) is 25.0 Å². The van der Waals surface area contributed by atoms with Gasteiger partial charge in [-0.05, 0) is 56.2 Å². The van der Waals surface area contributed by atoms with Crippen molar-refractivity contribution in [2.45, 2.75) is 33.4 Å². The monoisotopic (exact) mass is 273 g/mol. The van der Waals surface area contributed by atoms with Crippen molar-refractivity contribution in [2.75, 3.05) is 5.32 Å². The Bertz CT molecular complexity index is 564. The molecule has 20 heavy (non-hydrogen) atoms. The number of aryl methyl sites for hydroxylation is 1. The average Bonchev–Trinajstić information content (AvgIpc) is 2.41. The molecule has 0 saturated carbocycles. The van der Waals surface area contributed by atoms with Crippen LogP contribution in [0, 0.1) is 12.7 Å². The standard InChI is InChI=1S/C17H20FNO/c1-12(2)20-15-7-5-14(6-8-15)11-19-17-10-13(3)4-9-16(17)18/h4-10,12,19H,11H2,1-3H3. The van der Waals surface area contributed by atoms with Gasteiger partial charge in [0, 0.05) is 6.54 Å². The molecule has 0 aromatic heterocycles. The number of nitrogens with one attached hydrogen (secondary N) is 1. The molecule has 0 aliphatic rings. The van der Waals surface area contributed by atoms with Crippen LogP contribution in [-0.4, -0.2) is 6.10 Å². The smallest absolute Gasteiger partial charge is 0.146 e. The van der Waals surface area contributed by atoms with E-state index >= 15 is 0 Å². The number of hydrogen-bond donors (Lipinski definition) is 1. The van der Waals surface area contributed by atoms with Crippen molar-refractivity contribution in [1.29, 1.82) is 0 Å². The molecule has 0 spiro atoms. The van der Waals surface area contributed by atoms with E-state index in [1.165, 1.54) is 6.07 Å². The molecule has 0 aliphatic heterocycles. The van der Waals surface area contributed by atoms with Crippen molar-refractivity contribution >= 4 is 5.69 Å². The van der Waals surface area contributed by atoms with Gasteiger partial charge in [0.2, 0.25) is 0 Å².